The molecule has 2 aromatic rings. The fourth-order valence-corrected chi connectivity index (χ4v) is 2.53. The van der Waals surface area contributed by atoms with E-state index in [1.54, 1.807) is 24.3 Å². The first-order valence-corrected chi connectivity index (χ1v) is 6.96. The summed E-state index contributed by atoms with van der Waals surface area (Å²) < 4.78 is 40.1. The van der Waals surface area contributed by atoms with Crippen LogP contribution in [-0.2, 0) is 13.2 Å². The summed E-state index contributed by atoms with van der Waals surface area (Å²) in [6.07, 6.45) is -4.55. The van der Waals surface area contributed by atoms with Crippen LogP contribution in [0.4, 0.5) is 19.0 Å². The van der Waals surface area contributed by atoms with Gasteiger partial charge in [0.05, 0.1) is 5.56 Å². The molecule has 1 N–H and O–H groups in total. The van der Waals surface area contributed by atoms with Crippen molar-refractivity contribution in [3.63, 3.8) is 0 Å². The maximum absolute atomic E-state index is 12.8. The molecule has 0 aliphatic carbocycles. The number of amides is 1. The Labute approximate surface area is 132 Å². The minimum Gasteiger partial charge on any atom is -0.307 e. The Kier molecular flexibility index (Phi) is 4.26. The summed E-state index contributed by atoms with van der Waals surface area (Å²) >= 11 is 1.99. The third-order valence-corrected chi connectivity index (χ3v) is 3.84. The van der Waals surface area contributed by atoms with Crippen molar-refractivity contribution in [2.24, 2.45) is 7.05 Å². The maximum atomic E-state index is 12.8. The highest BCUT2D eigenvalue weighted by atomic mass is 127. The number of rotatable bonds is 2. The number of anilines is 1. The van der Waals surface area contributed by atoms with Gasteiger partial charge in [-0.2, -0.15) is 18.3 Å². The van der Waals surface area contributed by atoms with Crippen molar-refractivity contribution in [2.45, 2.75) is 13.1 Å². The van der Waals surface area contributed by atoms with E-state index in [0.29, 0.717) is 9.13 Å². The van der Waals surface area contributed by atoms with E-state index < -0.39 is 17.8 Å². The van der Waals surface area contributed by atoms with Crippen molar-refractivity contribution in [1.29, 1.82) is 0 Å². The zero-order chi connectivity index (χ0) is 15.8. The summed E-state index contributed by atoms with van der Waals surface area (Å²) in [6.45, 7) is 1.28. The normalized spacial score (nSPS) is 11.5. The minimum atomic E-state index is -4.55. The lowest BCUT2D eigenvalue weighted by Gasteiger charge is -2.08. The van der Waals surface area contributed by atoms with Gasteiger partial charge in [-0.1, -0.05) is 12.1 Å². The van der Waals surface area contributed by atoms with Crippen molar-refractivity contribution < 1.29 is 18.0 Å². The van der Waals surface area contributed by atoms with Gasteiger partial charge in [0.25, 0.3) is 5.91 Å². The number of alkyl halides is 3. The van der Waals surface area contributed by atoms with Crippen LogP contribution in [0.1, 0.15) is 21.6 Å². The van der Waals surface area contributed by atoms with Crippen molar-refractivity contribution >= 4 is 34.3 Å². The average molecular weight is 409 g/mol. The smallest absolute Gasteiger partial charge is 0.307 e. The van der Waals surface area contributed by atoms with Gasteiger partial charge >= 0.3 is 6.18 Å². The van der Waals surface area contributed by atoms with Gasteiger partial charge in [0.15, 0.2) is 5.69 Å². The molecule has 0 saturated heterocycles. The van der Waals surface area contributed by atoms with Crippen LogP contribution in [0.5, 0.6) is 0 Å². The predicted octanol–water partition coefficient (Wildman–Crippen LogP) is 3.60. The van der Waals surface area contributed by atoms with Crippen LogP contribution in [-0.4, -0.2) is 15.7 Å². The Hall–Kier alpha value is -1.58. The topological polar surface area (TPSA) is 46.9 Å². The number of aryl methyl sites for hydroxylation is 1. The molecule has 4 nitrogen and oxygen atoms in total. The second-order valence-corrected chi connectivity index (χ2v) is 5.54. The molecule has 0 aliphatic rings. The van der Waals surface area contributed by atoms with Gasteiger partial charge in [-0.3, -0.25) is 9.48 Å². The summed E-state index contributed by atoms with van der Waals surface area (Å²) in [6, 6.07) is 6.81. The number of nitrogens with zero attached hydrogens (tertiary/aromatic N) is 2. The molecule has 1 aromatic carbocycles. The van der Waals surface area contributed by atoms with Crippen LogP contribution in [0.3, 0.4) is 0 Å². The number of nitrogens with one attached hydrogen (secondary N) is 1. The number of hydrogen-bond donors (Lipinski definition) is 1. The summed E-state index contributed by atoms with van der Waals surface area (Å²) in [7, 11) is 1.35. The third-order valence-electron chi connectivity index (χ3n) is 2.90. The molecule has 0 fully saturated rings. The summed E-state index contributed by atoms with van der Waals surface area (Å²) in [5, 5.41) is 5.91. The molecule has 1 heterocycles. The maximum Gasteiger partial charge on any atom is 0.435 e. The number of halogens is 4. The molecule has 0 radical (unpaired) electrons. The highest BCUT2D eigenvalue weighted by Gasteiger charge is 2.37. The number of hydrogen-bond acceptors (Lipinski definition) is 2. The number of benzene rings is 1. The van der Waals surface area contributed by atoms with Crippen LogP contribution in [0.25, 0.3) is 0 Å². The zero-order valence-electron chi connectivity index (χ0n) is 11.1. The average Bonchev–Trinajstić information content (AvgIpc) is 2.67. The van der Waals surface area contributed by atoms with E-state index in [4.69, 9.17) is 0 Å². The van der Waals surface area contributed by atoms with Gasteiger partial charge < -0.3 is 5.32 Å². The first-order valence-electron chi connectivity index (χ1n) is 5.88. The van der Waals surface area contributed by atoms with Crippen LogP contribution in [0.15, 0.2) is 24.3 Å². The first-order chi connectivity index (χ1) is 9.71. The SMILES string of the molecule is Cc1c(C(F)(F)F)nn(C)c1NC(=O)c1ccccc1I. The lowest BCUT2D eigenvalue weighted by Crippen LogP contribution is -2.16. The Morgan fingerprint density at radius 3 is 2.48 bits per heavy atom. The quantitative estimate of drug-likeness (QED) is 0.771. The number of aromatic nitrogens is 2. The van der Waals surface area contributed by atoms with Gasteiger partial charge in [0.1, 0.15) is 5.82 Å². The summed E-state index contributed by atoms with van der Waals surface area (Å²) in [4.78, 5) is 12.2. The fraction of sp³-hybridized carbons (Fsp3) is 0.231. The molecule has 0 unspecified atom stereocenters. The monoisotopic (exact) mass is 409 g/mol. The van der Waals surface area contributed by atoms with Crippen LogP contribution >= 0.6 is 22.6 Å². The van der Waals surface area contributed by atoms with Gasteiger partial charge in [-0.15, -0.1) is 0 Å². The second-order valence-electron chi connectivity index (χ2n) is 4.38. The molecule has 0 saturated carbocycles. The van der Waals surface area contributed by atoms with Gasteiger partial charge in [-0.05, 0) is 41.6 Å². The Bertz CT molecular complexity index is 694. The Balaban J connectivity index is 2.35. The van der Waals surface area contributed by atoms with E-state index in [1.807, 2.05) is 22.6 Å². The lowest BCUT2D eigenvalue weighted by atomic mass is 10.2. The molecule has 21 heavy (non-hydrogen) atoms. The summed E-state index contributed by atoms with van der Waals surface area (Å²) in [5.74, 6) is -0.438. The largest absolute Gasteiger partial charge is 0.435 e. The number of carbonyl (C=O) groups is 1. The van der Waals surface area contributed by atoms with Crippen molar-refractivity contribution in [2.75, 3.05) is 5.32 Å². The fourth-order valence-electron chi connectivity index (χ4n) is 1.89. The Morgan fingerprint density at radius 2 is 1.95 bits per heavy atom. The molecular weight excluding hydrogens is 398 g/mol. The van der Waals surface area contributed by atoms with E-state index in [9.17, 15) is 18.0 Å². The highest BCUT2D eigenvalue weighted by molar-refractivity contribution is 14.1. The van der Waals surface area contributed by atoms with E-state index in [2.05, 4.69) is 10.4 Å². The molecule has 1 amide bonds. The first kappa shape index (κ1) is 15.8. The van der Waals surface area contributed by atoms with Gasteiger partial charge in [0, 0.05) is 16.2 Å². The summed E-state index contributed by atoms with van der Waals surface area (Å²) in [5.41, 5.74) is -0.709. The third kappa shape index (κ3) is 3.20. The zero-order valence-corrected chi connectivity index (χ0v) is 13.3. The number of carbonyl (C=O) groups excluding carboxylic acids is 1. The molecule has 0 spiro atoms. The molecule has 8 heteroatoms. The lowest BCUT2D eigenvalue weighted by molar-refractivity contribution is -0.141. The second kappa shape index (κ2) is 5.66. The van der Waals surface area contributed by atoms with Crippen LogP contribution in [0, 0.1) is 10.5 Å². The molecule has 0 aliphatic heterocycles. The minimum absolute atomic E-state index is 0.0342. The van der Waals surface area contributed by atoms with Gasteiger partial charge in [0.2, 0.25) is 0 Å². The molecule has 0 bridgehead atoms. The van der Waals surface area contributed by atoms with Crippen LogP contribution in [0.2, 0.25) is 0 Å². The Morgan fingerprint density at radius 1 is 1.33 bits per heavy atom. The highest BCUT2D eigenvalue weighted by Crippen LogP contribution is 2.33. The van der Waals surface area contributed by atoms with Crippen molar-refractivity contribution in [3.05, 3.63) is 44.7 Å². The van der Waals surface area contributed by atoms with E-state index >= 15 is 0 Å². The molecule has 1 aromatic heterocycles. The molecule has 0 atom stereocenters. The predicted molar refractivity (Wildman–Crippen MR) is 80.1 cm³/mol. The van der Waals surface area contributed by atoms with Crippen molar-refractivity contribution in [3.8, 4) is 0 Å². The molecule has 112 valence electrons. The van der Waals surface area contributed by atoms with E-state index in [1.165, 1.54) is 14.0 Å². The van der Waals surface area contributed by atoms with E-state index in [0.717, 1.165) is 4.68 Å². The molecule has 2 rings (SSSR count). The van der Waals surface area contributed by atoms with E-state index in [-0.39, 0.29) is 11.4 Å². The standard InChI is InChI=1S/C13H11F3IN3O/c1-7-10(13(14,15)16)19-20(2)11(7)18-12(21)8-5-3-4-6-9(8)17/h3-6H,1-2H3,(H,18,21). The van der Waals surface area contributed by atoms with Gasteiger partial charge in [-0.25, -0.2) is 0 Å². The van der Waals surface area contributed by atoms with Crippen LogP contribution < -0.4 is 5.32 Å². The van der Waals surface area contributed by atoms with Crippen molar-refractivity contribution in [1.82, 2.24) is 9.78 Å². The molecular formula is C13H11F3IN3O.